The Kier molecular flexibility index (Phi) is 4.70. The molecular weight excluding hydrogens is 314 g/mol. The van der Waals surface area contributed by atoms with Crippen LogP contribution in [0.1, 0.15) is 27.0 Å². The van der Waals surface area contributed by atoms with Crippen molar-refractivity contribution in [3.05, 3.63) is 34.6 Å². The van der Waals surface area contributed by atoms with Crippen molar-refractivity contribution in [2.75, 3.05) is 12.3 Å². The summed E-state index contributed by atoms with van der Waals surface area (Å²) in [4.78, 5) is 15.8. The minimum absolute atomic E-state index is 0.0116. The smallest absolute Gasteiger partial charge is 0.352 e. The zero-order valence-corrected chi connectivity index (χ0v) is 15.2. The number of aliphatic hydroxyl groups excluding tert-OH is 1. The highest BCUT2D eigenvalue weighted by atomic mass is 28.4. The van der Waals surface area contributed by atoms with Gasteiger partial charge in [0, 0.05) is 6.20 Å². The van der Waals surface area contributed by atoms with Crippen LogP contribution in [0.2, 0.25) is 18.1 Å². The van der Waals surface area contributed by atoms with Gasteiger partial charge >= 0.3 is 5.69 Å². The molecule has 0 aliphatic carbocycles. The first-order chi connectivity index (χ1) is 10.5. The number of aromatic nitrogens is 2. The van der Waals surface area contributed by atoms with E-state index in [-0.39, 0.29) is 17.5 Å². The first kappa shape index (κ1) is 17.7. The molecule has 1 aromatic heterocycles. The van der Waals surface area contributed by atoms with Crippen LogP contribution in [0.15, 0.2) is 28.9 Å². The normalized spacial score (nSPS) is 21.9. The molecule has 0 bridgehead atoms. The number of hydrogen-bond donors (Lipinski definition) is 2. The predicted molar refractivity (Wildman–Crippen MR) is 90.3 cm³/mol. The van der Waals surface area contributed by atoms with Crippen molar-refractivity contribution in [3.63, 3.8) is 0 Å². The molecule has 0 aromatic carbocycles. The summed E-state index contributed by atoms with van der Waals surface area (Å²) in [5.41, 5.74) is 5.02. The fourth-order valence-electron chi connectivity index (χ4n) is 2.06. The molecule has 2 rings (SSSR count). The fraction of sp³-hybridized carbons (Fsp3) is 0.600. The molecule has 2 atom stereocenters. The molecule has 2 heterocycles. The summed E-state index contributed by atoms with van der Waals surface area (Å²) in [7, 11) is -2.08. The third kappa shape index (κ3) is 3.65. The molecule has 0 saturated carbocycles. The number of nitrogen functional groups attached to an aromatic ring is 1. The highest BCUT2D eigenvalue weighted by Gasteiger charge is 2.43. The van der Waals surface area contributed by atoms with Gasteiger partial charge in [-0.2, -0.15) is 4.98 Å². The predicted octanol–water partition coefficient (Wildman–Crippen LogP) is 1.62. The maximum absolute atomic E-state index is 12.1. The number of nitrogens with zero attached hydrogens (tertiary/aromatic N) is 2. The van der Waals surface area contributed by atoms with E-state index in [2.05, 4.69) is 38.8 Å². The van der Waals surface area contributed by atoms with E-state index in [1.807, 2.05) is 0 Å². The Labute approximate surface area is 136 Å². The number of nitrogens with two attached hydrogens (primary N) is 1. The standard InChI is InChI=1S/C15H25N3O4Si/c1-15(2,3)23(4,5)22-11-8-10(9-19)21-13(11)18-7-6-12(16)17-14(18)20/h6-8,11,13,19H,9H2,1-5H3,(H2,16,17,20)/t11-,13-/m1/s1. The monoisotopic (exact) mass is 339 g/mol. The van der Waals surface area contributed by atoms with Gasteiger partial charge in [0.05, 0.1) is 0 Å². The van der Waals surface area contributed by atoms with E-state index in [1.54, 1.807) is 6.08 Å². The second-order valence-electron chi connectivity index (χ2n) is 7.18. The van der Waals surface area contributed by atoms with Gasteiger partial charge in [-0.05, 0) is 30.3 Å². The largest absolute Gasteiger partial charge is 0.469 e. The first-order valence-corrected chi connectivity index (χ1v) is 10.5. The van der Waals surface area contributed by atoms with Gasteiger partial charge in [-0.25, -0.2) is 4.79 Å². The average Bonchev–Trinajstić information content (AvgIpc) is 2.79. The molecule has 3 N–H and O–H groups in total. The van der Waals surface area contributed by atoms with E-state index in [1.165, 1.54) is 16.8 Å². The summed E-state index contributed by atoms with van der Waals surface area (Å²) in [6, 6.07) is 1.53. The van der Waals surface area contributed by atoms with Crippen molar-refractivity contribution in [1.29, 1.82) is 0 Å². The Morgan fingerprint density at radius 3 is 2.65 bits per heavy atom. The van der Waals surface area contributed by atoms with Gasteiger partial charge in [-0.15, -0.1) is 0 Å². The number of rotatable bonds is 4. The van der Waals surface area contributed by atoms with Crippen LogP contribution in [0, 0.1) is 0 Å². The fourth-order valence-corrected chi connectivity index (χ4v) is 3.28. The summed E-state index contributed by atoms with van der Waals surface area (Å²) in [6.07, 6.45) is 2.12. The molecule has 0 saturated heterocycles. The summed E-state index contributed by atoms with van der Waals surface area (Å²) < 4.78 is 13.4. The summed E-state index contributed by atoms with van der Waals surface area (Å²) >= 11 is 0. The molecular formula is C15H25N3O4Si. The van der Waals surface area contributed by atoms with Crippen molar-refractivity contribution < 1.29 is 14.3 Å². The highest BCUT2D eigenvalue weighted by Crippen LogP contribution is 2.40. The minimum Gasteiger partial charge on any atom is -0.469 e. The third-order valence-corrected chi connectivity index (χ3v) is 8.90. The quantitative estimate of drug-likeness (QED) is 0.809. The third-order valence-electron chi connectivity index (χ3n) is 4.42. The van der Waals surface area contributed by atoms with Gasteiger partial charge in [0.1, 0.15) is 24.3 Å². The van der Waals surface area contributed by atoms with E-state index in [0.717, 1.165) is 0 Å². The Balaban J connectivity index is 2.34. The lowest BCUT2D eigenvalue weighted by Crippen LogP contribution is -2.46. The van der Waals surface area contributed by atoms with E-state index in [0.29, 0.717) is 5.76 Å². The van der Waals surface area contributed by atoms with Crippen molar-refractivity contribution in [1.82, 2.24) is 9.55 Å². The number of anilines is 1. The molecule has 0 radical (unpaired) electrons. The summed E-state index contributed by atoms with van der Waals surface area (Å²) in [5.74, 6) is 0.545. The molecule has 23 heavy (non-hydrogen) atoms. The molecule has 0 fully saturated rings. The second kappa shape index (κ2) is 6.10. The Hall–Kier alpha value is -1.64. The Morgan fingerprint density at radius 1 is 1.48 bits per heavy atom. The highest BCUT2D eigenvalue weighted by molar-refractivity contribution is 6.74. The lowest BCUT2D eigenvalue weighted by Gasteiger charge is -2.39. The second-order valence-corrected chi connectivity index (χ2v) is 11.9. The van der Waals surface area contributed by atoms with E-state index >= 15 is 0 Å². The zero-order chi connectivity index (χ0) is 17.4. The maximum atomic E-state index is 12.1. The topological polar surface area (TPSA) is 99.6 Å². The average molecular weight is 339 g/mol. The van der Waals surface area contributed by atoms with Crippen LogP contribution in [0.4, 0.5) is 5.82 Å². The van der Waals surface area contributed by atoms with Gasteiger partial charge in [0.2, 0.25) is 6.23 Å². The van der Waals surface area contributed by atoms with Crippen LogP contribution in [0.5, 0.6) is 0 Å². The summed E-state index contributed by atoms with van der Waals surface area (Å²) in [5, 5.41) is 9.37. The summed E-state index contributed by atoms with van der Waals surface area (Å²) in [6.45, 7) is 10.4. The minimum atomic E-state index is -2.08. The Bertz CT molecular complexity index is 663. The van der Waals surface area contributed by atoms with E-state index in [4.69, 9.17) is 14.9 Å². The van der Waals surface area contributed by atoms with Crippen LogP contribution >= 0.6 is 0 Å². The van der Waals surface area contributed by atoms with Crippen LogP contribution < -0.4 is 11.4 Å². The van der Waals surface area contributed by atoms with Crippen molar-refractivity contribution in [3.8, 4) is 0 Å². The van der Waals surface area contributed by atoms with Crippen LogP contribution in [0.3, 0.4) is 0 Å². The molecule has 1 aromatic rings. The SMILES string of the molecule is CC(C)(C)[Si](C)(C)O[C@@H]1C=C(CO)O[C@H]1n1ccc(N)nc1=O. The number of aliphatic hydroxyl groups is 1. The van der Waals surface area contributed by atoms with E-state index < -0.39 is 26.3 Å². The van der Waals surface area contributed by atoms with Crippen LogP contribution in [-0.2, 0) is 9.16 Å². The molecule has 8 heteroatoms. The van der Waals surface area contributed by atoms with Crippen molar-refractivity contribution in [2.24, 2.45) is 0 Å². The van der Waals surface area contributed by atoms with Crippen LogP contribution in [0.25, 0.3) is 0 Å². The van der Waals surface area contributed by atoms with Gasteiger partial charge < -0.3 is 20.0 Å². The van der Waals surface area contributed by atoms with Gasteiger partial charge in [-0.3, -0.25) is 4.57 Å². The van der Waals surface area contributed by atoms with Gasteiger partial charge in [0.25, 0.3) is 0 Å². The zero-order valence-electron chi connectivity index (χ0n) is 14.2. The molecule has 7 nitrogen and oxygen atoms in total. The van der Waals surface area contributed by atoms with Gasteiger partial charge in [0.15, 0.2) is 8.32 Å². The Morgan fingerprint density at radius 2 is 2.13 bits per heavy atom. The van der Waals surface area contributed by atoms with Crippen LogP contribution in [-0.4, -0.2) is 35.7 Å². The number of hydrogen-bond acceptors (Lipinski definition) is 6. The molecule has 1 aliphatic rings. The molecule has 128 valence electrons. The molecule has 0 amide bonds. The molecule has 0 unspecified atom stereocenters. The van der Waals surface area contributed by atoms with E-state index in [9.17, 15) is 9.90 Å². The lowest BCUT2D eigenvalue weighted by atomic mass is 10.2. The van der Waals surface area contributed by atoms with Crippen molar-refractivity contribution in [2.45, 2.75) is 51.2 Å². The first-order valence-electron chi connectivity index (χ1n) is 7.56. The van der Waals surface area contributed by atoms with Crippen molar-refractivity contribution >= 4 is 14.1 Å². The lowest BCUT2D eigenvalue weighted by molar-refractivity contribution is -0.00540. The maximum Gasteiger partial charge on any atom is 0.352 e. The van der Waals surface area contributed by atoms with Gasteiger partial charge in [-0.1, -0.05) is 20.8 Å². The number of ether oxygens (including phenoxy) is 1. The molecule has 0 spiro atoms. The molecule has 1 aliphatic heterocycles.